The smallest absolute Gasteiger partial charge is 0.472 e. The number of allylic oxidation sites excluding steroid dienone is 5. The zero-order chi connectivity index (χ0) is 38.1. The summed E-state index contributed by atoms with van der Waals surface area (Å²) in [6, 6.07) is 0. The summed E-state index contributed by atoms with van der Waals surface area (Å²) in [6.07, 6.45) is 46.9. The monoisotopic (exact) mass is 756 g/mol. The van der Waals surface area contributed by atoms with Crippen LogP contribution in [0.1, 0.15) is 200 Å². The number of ether oxygens (including phenoxy) is 2. The molecule has 52 heavy (non-hydrogen) atoms. The van der Waals surface area contributed by atoms with E-state index in [-0.39, 0.29) is 32.3 Å². The molecule has 0 aliphatic heterocycles. The first kappa shape index (κ1) is 50.6. The predicted octanol–water partition coefficient (Wildman–Crippen LogP) is 13.0. The topological polar surface area (TPSA) is 117 Å². The summed E-state index contributed by atoms with van der Waals surface area (Å²) in [5.74, 6) is -0.297. The average Bonchev–Trinajstić information content (AvgIpc) is 3.14. The lowest BCUT2D eigenvalue weighted by Crippen LogP contribution is -2.25. The van der Waals surface area contributed by atoms with Crippen LogP contribution in [0.2, 0.25) is 0 Å². The molecule has 1 unspecified atom stereocenters. The summed E-state index contributed by atoms with van der Waals surface area (Å²) in [6.45, 7) is 4.20. The molecule has 2 atom stereocenters. The van der Waals surface area contributed by atoms with E-state index in [0.717, 1.165) is 44.9 Å². The molecule has 0 aliphatic carbocycles. The SMILES string of the molecule is CCCCCC=CCC=CCCCCCCCCCC(=O)OC[C@H](COP(=O)(O)OCCN)OC=CCCCCCCCCCCCCCCCC. The number of carbonyl (C=O) groups excluding carboxylic acids is 1. The molecule has 0 aromatic heterocycles. The molecule has 306 valence electrons. The summed E-state index contributed by atoms with van der Waals surface area (Å²) < 4.78 is 33.2. The molecule has 0 aromatic carbocycles. The van der Waals surface area contributed by atoms with Crippen LogP contribution in [0.4, 0.5) is 0 Å². The van der Waals surface area contributed by atoms with Crippen LogP contribution in [0.25, 0.3) is 0 Å². The van der Waals surface area contributed by atoms with Crippen LogP contribution in [-0.2, 0) is 27.9 Å². The van der Waals surface area contributed by atoms with Crippen molar-refractivity contribution in [2.24, 2.45) is 5.73 Å². The van der Waals surface area contributed by atoms with E-state index in [4.69, 9.17) is 24.3 Å². The second-order valence-electron chi connectivity index (χ2n) is 14.3. The summed E-state index contributed by atoms with van der Waals surface area (Å²) >= 11 is 0. The van der Waals surface area contributed by atoms with E-state index in [2.05, 4.69) is 38.2 Å². The fourth-order valence-corrected chi connectivity index (χ4v) is 6.66. The van der Waals surface area contributed by atoms with E-state index in [0.29, 0.717) is 6.42 Å². The molecule has 0 spiro atoms. The van der Waals surface area contributed by atoms with Crippen LogP contribution >= 0.6 is 7.82 Å². The van der Waals surface area contributed by atoms with Crippen molar-refractivity contribution in [2.45, 2.75) is 206 Å². The van der Waals surface area contributed by atoms with Crippen LogP contribution in [0.5, 0.6) is 0 Å². The fraction of sp³-hybridized carbons (Fsp3) is 0.837. The minimum atomic E-state index is -4.27. The Morgan fingerprint density at radius 2 is 1.04 bits per heavy atom. The Kier molecular flexibility index (Phi) is 39.6. The van der Waals surface area contributed by atoms with E-state index in [1.165, 1.54) is 135 Å². The van der Waals surface area contributed by atoms with Crippen molar-refractivity contribution in [1.29, 1.82) is 0 Å². The molecule has 0 heterocycles. The van der Waals surface area contributed by atoms with Crippen LogP contribution in [0.3, 0.4) is 0 Å². The molecule has 0 fully saturated rings. The van der Waals surface area contributed by atoms with Gasteiger partial charge in [-0.15, -0.1) is 0 Å². The number of carbonyl (C=O) groups is 1. The van der Waals surface area contributed by atoms with E-state index in [1.807, 2.05) is 6.08 Å². The zero-order valence-corrected chi connectivity index (χ0v) is 34.7. The van der Waals surface area contributed by atoms with Gasteiger partial charge < -0.3 is 20.1 Å². The minimum absolute atomic E-state index is 0.0669. The average molecular weight is 756 g/mol. The van der Waals surface area contributed by atoms with Crippen LogP contribution in [-0.4, -0.2) is 43.3 Å². The second-order valence-corrected chi connectivity index (χ2v) is 15.7. The number of hydrogen-bond donors (Lipinski definition) is 2. The quantitative estimate of drug-likeness (QED) is 0.0208. The molecule has 0 aromatic rings. The highest BCUT2D eigenvalue weighted by Gasteiger charge is 2.24. The number of phosphoric ester groups is 1. The Morgan fingerprint density at radius 3 is 1.56 bits per heavy atom. The van der Waals surface area contributed by atoms with Gasteiger partial charge in [0.1, 0.15) is 6.61 Å². The third-order valence-electron chi connectivity index (χ3n) is 9.15. The van der Waals surface area contributed by atoms with E-state index in [1.54, 1.807) is 6.26 Å². The molecule has 8 nitrogen and oxygen atoms in total. The third kappa shape index (κ3) is 39.8. The Hall–Kier alpha value is -1.44. The lowest BCUT2D eigenvalue weighted by Gasteiger charge is -2.19. The molecule has 0 rings (SSSR count). The fourth-order valence-electron chi connectivity index (χ4n) is 5.89. The number of phosphoric acid groups is 1. The molecular formula is C43H82NO7P. The van der Waals surface area contributed by atoms with E-state index < -0.39 is 13.9 Å². The molecule has 0 amide bonds. The first-order valence-corrected chi connectivity index (χ1v) is 23.0. The van der Waals surface area contributed by atoms with Gasteiger partial charge in [0.25, 0.3) is 0 Å². The van der Waals surface area contributed by atoms with Crippen LogP contribution in [0, 0.1) is 0 Å². The molecular weight excluding hydrogens is 673 g/mol. The zero-order valence-electron chi connectivity index (χ0n) is 33.8. The van der Waals surface area contributed by atoms with Crippen molar-refractivity contribution >= 4 is 13.8 Å². The number of hydrogen-bond acceptors (Lipinski definition) is 7. The first-order chi connectivity index (χ1) is 25.4. The predicted molar refractivity (Wildman–Crippen MR) is 219 cm³/mol. The van der Waals surface area contributed by atoms with E-state index in [9.17, 15) is 14.3 Å². The molecule has 0 bridgehead atoms. The minimum Gasteiger partial charge on any atom is -0.492 e. The highest BCUT2D eigenvalue weighted by Crippen LogP contribution is 2.43. The normalized spacial score (nSPS) is 13.8. The largest absolute Gasteiger partial charge is 0.492 e. The van der Waals surface area contributed by atoms with Gasteiger partial charge in [-0.25, -0.2) is 4.57 Å². The molecule has 9 heteroatoms. The lowest BCUT2D eigenvalue weighted by molar-refractivity contribution is -0.147. The molecule has 0 aliphatic rings. The van der Waals surface area contributed by atoms with Gasteiger partial charge in [-0.2, -0.15) is 0 Å². The molecule has 0 saturated heterocycles. The van der Waals surface area contributed by atoms with Gasteiger partial charge >= 0.3 is 13.8 Å². The standard InChI is InChI=1S/C43H82NO7P/c1-3-5-7-9-11-13-15-17-19-21-22-24-26-28-30-32-34-36-43(45)49-40-42(41-51-52(46,47)50-39-37-44)48-38-35-33-31-29-27-25-23-20-18-16-14-12-10-8-6-4-2/h11,13,17,19,35,38,42H,3-10,12,14-16,18,20-34,36-37,39-41,44H2,1-2H3,(H,46,47)/t42-/m1/s1. The maximum absolute atomic E-state index is 12.4. The van der Waals surface area contributed by atoms with Crippen LogP contribution < -0.4 is 5.73 Å². The van der Waals surface area contributed by atoms with Crippen molar-refractivity contribution in [3.8, 4) is 0 Å². The number of nitrogens with two attached hydrogens (primary N) is 1. The highest BCUT2D eigenvalue weighted by molar-refractivity contribution is 7.47. The van der Waals surface area contributed by atoms with Gasteiger partial charge in [0.2, 0.25) is 0 Å². The summed E-state index contributed by atoms with van der Waals surface area (Å²) in [7, 11) is -4.27. The van der Waals surface area contributed by atoms with Crippen molar-refractivity contribution in [3.05, 3.63) is 36.6 Å². The summed E-state index contributed by atoms with van der Waals surface area (Å²) in [5.41, 5.74) is 5.36. The maximum atomic E-state index is 12.4. The summed E-state index contributed by atoms with van der Waals surface area (Å²) in [4.78, 5) is 22.3. The molecule has 0 saturated carbocycles. The Morgan fingerprint density at radius 1 is 0.596 bits per heavy atom. The number of unbranched alkanes of at least 4 members (excludes halogenated alkanes) is 24. The summed E-state index contributed by atoms with van der Waals surface area (Å²) in [5, 5.41) is 0. The van der Waals surface area contributed by atoms with Gasteiger partial charge in [0.15, 0.2) is 6.10 Å². The van der Waals surface area contributed by atoms with Crippen molar-refractivity contribution in [2.75, 3.05) is 26.4 Å². The van der Waals surface area contributed by atoms with Crippen molar-refractivity contribution in [3.63, 3.8) is 0 Å². The van der Waals surface area contributed by atoms with Gasteiger partial charge in [-0.05, 0) is 57.4 Å². The van der Waals surface area contributed by atoms with Crippen molar-refractivity contribution in [1.82, 2.24) is 0 Å². The van der Waals surface area contributed by atoms with Gasteiger partial charge in [0.05, 0.1) is 19.5 Å². The van der Waals surface area contributed by atoms with Crippen molar-refractivity contribution < 1.29 is 32.8 Å². The number of rotatable bonds is 41. The molecule has 0 radical (unpaired) electrons. The lowest BCUT2D eigenvalue weighted by atomic mass is 10.0. The maximum Gasteiger partial charge on any atom is 0.472 e. The number of esters is 1. The Labute approximate surface area is 320 Å². The van der Waals surface area contributed by atoms with E-state index >= 15 is 0 Å². The highest BCUT2D eigenvalue weighted by atomic mass is 31.2. The Balaban J connectivity index is 4.08. The van der Waals surface area contributed by atoms with Crippen LogP contribution in [0.15, 0.2) is 36.6 Å². The van der Waals surface area contributed by atoms with Gasteiger partial charge in [-0.1, -0.05) is 167 Å². The van der Waals surface area contributed by atoms with Gasteiger partial charge in [0, 0.05) is 13.0 Å². The van der Waals surface area contributed by atoms with Gasteiger partial charge in [-0.3, -0.25) is 13.8 Å². The second kappa shape index (κ2) is 40.7. The Bertz CT molecular complexity index is 895. The first-order valence-electron chi connectivity index (χ1n) is 21.5. The molecule has 3 N–H and O–H groups in total. The third-order valence-corrected chi connectivity index (χ3v) is 10.1.